The molecule has 1 amide bonds. The summed E-state index contributed by atoms with van der Waals surface area (Å²) in [5.41, 5.74) is -0.784. The molecular weight excluding hydrogens is 371 g/mol. The number of alkyl halides is 3. The standard InChI is InChI=1S/C17H20F3NO6/c1-16(2,3)27-15(24)21-9-12(8-13(21)14(22)23)25-10-4-6-11(7-5-10)26-17(18,19)20/h4-7,12-13H,8-9H2,1-3H3,(H,22,23)/t12-,13+/m1/s1. The molecule has 0 aliphatic carbocycles. The van der Waals surface area contributed by atoms with Crippen LogP contribution in [0.5, 0.6) is 11.5 Å². The third-order valence-electron chi connectivity index (χ3n) is 3.54. The van der Waals surface area contributed by atoms with Gasteiger partial charge in [-0.15, -0.1) is 13.2 Å². The number of rotatable bonds is 4. The van der Waals surface area contributed by atoms with E-state index in [0.717, 1.165) is 17.0 Å². The van der Waals surface area contributed by atoms with Crippen LogP contribution in [-0.2, 0) is 9.53 Å². The molecule has 0 bridgehead atoms. The molecule has 1 saturated heterocycles. The molecule has 1 aromatic rings. The molecule has 1 aromatic carbocycles. The molecule has 1 heterocycles. The molecule has 0 unspecified atom stereocenters. The van der Waals surface area contributed by atoms with Crippen LogP contribution in [0.3, 0.4) is 0 Å². The molecule has 1 aliphatic rings. The lowest BCUT2D eigenvalue weighted by molar-refractivity contribution is -0.274. The van der Waals surface area contributed by atoms with Crippen LogP contribution in [0, 0.1) is 0 Å². The van der Waals surface area contributed by atoms with Gasteiger partial charge in [0.15, 0.2) is 0 Å². The molecule has 0 saturated carbocycles. The topological polar surface area (TPSA) is 85.3 Å². The maximum atomic E-state index is 12.2. The van der Waals surface area contributed by atoms with E-state index in [1.165, 1.54) is 12.1 Å². The van der Waals surface area contributed by atoms with Gasteiger partial charge in [-0.1, -0.05) is 0 Å². The van der Waals surface area contributed by atoms with Crippen molar-refractivity contribution in [3.05, 3.63) is 24.3 Å². The number of halogens is 3. The van der Waals surface area contributed by atoms with Gasteiger partial charge in [0.05, 0.1) is 6.54 Å². The molecular formula is C17H20F3NO6. The summed E-state index contributed by atoms with van der Waals surface area (Å²) in [4.78, 5) is 24.7. The highest BCUT2D eigenvalue weighted by atomic mass is 19.4. The van der Waals surface area contributed by atoms with E-state index >= 15 is 0 Å². The molecule has 0 aromatic heterocycles. The fourth-order valence-electron chi connectivity index (χ4n) is 2.55. The van der Waals surface area contributed by atoms with Crippen LogP contribution in [-0.4, -0.2) is 52.7 Å². The average molecular weight is 391 g/mol. The lowest BCUT2D eigenvalue weighted by Gasteiger charge is -2.26. The van der Waals surface area contributed by atoms with E-state index in [1.807, 2.05) is 0 Å². The highest BCUT2D eigenvalue weighted by Crippen LogP contribution is 2.28. The van der Waals surface area contributed by atoms with E-state index in [1.54, 1.807) is 20.8 Å². The Labute approximate surface area is 153 Å². The highest BCUT2D eigenvalue weighted by molar-refractivity contribution is 5.81. The number of nitrogens with zero attached hydrogens (tertiary/aromatic N) is 1. The predicted molar refractivity (Wildman–Crippen MR) is 86.5 cm³/mol. The Bertz CT molecular complexity index is 683. The zero-order chi connectivity index (χ0) is 20.4. The van der Waals surface area contributed by atoms with Crippen molar-refractivity contribution in [3.63, 3.8) is 0 Å². The average Bonchev–Trinajstić information content (AvgIpc) is 2.90. The molecule has 150 valence electrons. The van der Waals surface area contributed by atoms with E-state index in [2.05, 4.69) is 4.74 Å². The summed E-state index contributed by atoms with van der Waals surface area (Å²) in [6, 6.07) is 3.59. The lowest BCUT2D eigenvalue weighted by Crippen LogP contribution is -2.43. The van der Waals surface area contributed by atoms with Crippen LogP contribution >= 0.6 is 0 Å². The number of hydrogen-bond acceptors (Lipinski definition) is 5. The smallest absolute Gasteiger partial charge is 0.488 e. The minimum atomic E-state index is -4.80. The fraction of sp³-hybridized carbons (Fsp3) is 0.529. The molecule has 0 spiro atoms. The van der Waals surface area contributed by atoms with Crippen LogP contribution in [0.15, 0.2) is 24.3 Å². The summed E-state index contributed by atoms with van der Waals surface area (Å²) in [6.07, 6.45) is -6.19. The summed E-state index contributed by atoms with van der Waals surface area (Å²) in [5.74, 6) is -1.37. The summed E-state index contributed by atoms with van der Waals surface area (Å²) in [6.45, 7) is 4.96. The normalized spacial score (nSPS) is 20.3. The first kappa shape index (κ1) is 20.7. The van der Waals surface area contributed by atoms with Crippen molar-refractivity contribution in [1.29, 1.82) is 0 Å². The van der Waals surface area contributed by atoms with Gasteiger partial charge in [0.1, 0.15) is 29.2 Å². The molecule has 0 radical (unpaired) electrons. The number of carboxylic acid groups (broad SMARTS) is 1. The Morgan fingerprint density at radius 2 is 1.67 bits per heavy atom. The van der Waals surface area contributed by atoms with E-state index in [9.17, 15) is 27.9 Å². The zero-order valence-electron chi connectivity index (χ0n) is 14.9. The fourth-order valence-corrected chi connectivity index (χ4v) is 2.55. The Hall–Kier alpha value is -2.65. The number of likely N-dealkylation sites (tertiary alicyclic amines) is 1. The number of benzene rings is 1. The minimum absolute atomic E-state index is 0.0211. The number of amides is 1. The van der Waals surface area contributed by atoms with Gasteiger partial charge in [-0.05, 0) is 45.0 Å². The number of ether oxygens (including phenoxy) is 3. The van der Waals surface area contributed by atoms with Gasteiger partial charge >= 0.3 is 18.4 Å². The summed E-state index contributed by atoms with van der Waals surface area (Å²) >= 11 is 0. The number of carboxylic acids is 1. The zero-order valence-corrected chi connectivity index (χ0v) is 14.9. The monoisotopic (exact) mass is 391 g/mol. The SMILES string of the molecule is CC(C)(C)OC(=O)N1C[C@H](Oc2ccc(OC(F)(F)F)cc2)C[C@H]1C(=O)O. The van der Waals surface area contributed by atoms with Crippen LogP contribution in [0.2, 0.25) is 0 Å². The van der Waals surface area contributed by atoms with Gasteiger partial charge in [0.25, 0.3) is 0 Å². The summed E-state index contributed by atoms with van der Waals surface area (Å²) in [7, 11) is 0. The van der Waals surface area contributed by atoms with E-state index in [-0.39, 0.29) is 18.7 Å². The maximum Gasteiger partial charge on any atom is 0.573 e. The predicted octanol–water partition coefficient (Wildman–Crippen LogP) is 3.43. The minimum Gasteiger partial charge on any atom is -0.488 e. The highest BCUT2D eigenvalue weighted by Gasteiger charge is 2.42. The summed E-state index contributed by atoms with van der Waals surface area (Å²) in [5, 5.41) is 9.33. The van der Waals surface area contributed by atoms with Crippen molar-refractivity contribution in [2.75, 3.05) is 6.54 Å². The van der Waals surface area contributed by atoms with Crippen molar-refractivity contribution < 1.29 is 42.1 Å². The molecule has 1 N–H and O–H groups in total. The van der Waals surface area contributed by atoms with Gasteiger partial charge in [0, 0.05) is 6.42 Å². The second-order valence-electron chi connectivity index (χ2n) is 6.98. The Balaban J connectivity index is 2.03. The number of aliphatic carboxylic acids is 1. The molecule has 27 heavy (non-hydrogen) atoms. The molecule has 7 nitrogen and oxygen atoms in total. The Morgan fingerprint density at radius 3 is 2.15 bits per heavy atom. The van der Waals surface area contributed by atoms with Gasteiger partial charge in [-0.25, -0.2) is 9.59 Å². The van der Waals surface area contributed by atoms with E-state index < -0.39 is 41.9 Å². The maximum absolute atomic E-state index is 12.2. The van der Waals surface area contributed by atoms with Crippen molar-refractivity contribution in [3.8, 4) is 11.5 Å². The number of carbonyl (C=O) groups excluding carboxylic acids is 1. The third-order valence-corrected chi connectivity index (χ3v) is 3.54. The van der Waals surface area contributed by atoms with Crippen LogP contribution in [0.1, 0.15) is 27.2 Å². The molecule has 1 aliphatic heterocycles. The number of hydrogen-bond donors (Lipinski definition) is 1. The molecule has 10 heteroatoms. The first-order chi connectivity index (χ1) is 12.3. The van der Waals surface area contributed by atoms with Crippen molar-refractivity contribution in [2.45, 2.75) is 51.3 Å². The van der Waals surface area contributed by atoms with Gasteiger partial charge in [0.2, 0.25) is 0 Å². The summed E-state index contributed by atoms with van der Waals surface area (Å²) < 4.78 is 51.1. The quantitative estimate of drug-likeness (QED) is 0.847. The van der Waals surface area contributed by atoms with Crippen molar-refractivity contribution in [1.82, 2.24) is 4.90 Å². The molecule has 2 rings (SSSR count). The second-order valence-corrected chi connectivity index (χ2v) is 6.98. The third kappa shape index (κ3) is 6.22. The Morgan fingerprint density at radius 1 is 1.11 bits per heavy atom. The van der Waals surface area contributed by atoms with E-state index in [0.29, 0.717) is 0 Å². The Kier molecular flexibility index (Phi) is 5.76. The largest absolute Gasteiger partial charge is 0.573 e. The van der Waals surface area contributed by atoms with Crippen LogP contribution < -0.4 is 9.47 Å². The van der Waals surface area contributed by atoms with Crippen LogP contribution in [0.4, 0.5) is 18.0 Å². The van der Waals surface area contributed by atoms with E-state index in [4.69, 9.17) is 9.47 Å². The molecule has 2 atom stereocenters. The van der Waals surface area contributed by atoms with Crippen molar-refractivity contribution in [2.24, 2.45) is 0 Å². The van der Waals surface area contributed by atoms with Crippen LogP contribution in [0.25, 0.3) is 0 Å². The van der Waals surface area contributed by atoms with Crippen molar-refractivity contribution >= 4 is 12.1 Å². The second kappa shape index (κ2) is 7.53. The number of carbonyl (C=O) groups is 2. The van der Waals surface area contributed by atoms with Gasteiger partial charge in [-0.3, -0.25) is 4.90 Å². The molecule has 1 fully saturated rings. The first-order valence-corrected chi connectivity index (χ1v) is 8.09. The van der Waals surface area contributed by atoms with Gasteiger partial charge < -0.3 is 19.3 Å². The lowest BCUT2D eigenvalue weighted by atomic mass is 10.2. The first-order valence-electron chi connectivity index (χ1n) is 8.09. The van der Waals surface area contributed by atoms with Gasteiger partial charge in [-0.2, -0.15) is 0 Å².